The first kappa shape index (κ1) is 11.8. The third-order valence-electron chi connectivity index (χ3n) is 1.53. The van der Waals surface area contributed by atoms with Crippen LogP contribution in [-0.4, -0.2) is 29.4 Å². The molecule has 0 radical (unpaired) electrons. The van der Waals surface area contributed by atoms with Gasteiger partial charge in [0.15, 0.2) is 0 Å². The molecule has 1 rings (SSSR count). The molecule has 14 heavy (non-hydrogen) atoms. The Balaban J connectivity index is 2.42. The average molecular weight is 233 g/mol. The van der Waals surface area contributed by atoms with E-state index in [1.54, 1.807) is 24.9 Å². The van der Waals surface area contributed by atoms with Crippen LogP contribution in [0.3, 0.4) is 0 Å². The Hall–Kier alpha value is -0.320. The zero-order valence-electron chi connectivity index (χ0n) is 8.29. The van der Waals surface area contributed by atoms with Gasteiger partial charge in [-0.1, -0.05) is 11.6 Å². The van der Waals surface area contributed by atoms with Gasteiger partial charge in [-0.05, 0) is 13.0 Å². The Bertz CT molecular complexity index is 276. The van der Waals surface area contributed by atoms with Crippen molar-refractivity contribution in [2.75, 3.05) is 19.5 Å². The maximum absolute atomic E-state index is 5.81. The highest BCUT2D eigenvalue weighted by Crippen LogP contribution is 2.12. The van der Waals surface area contributed by atoms with Crippen LogP contribution in [-0.2, 0) is 10.5 Å². The lowest BCUT2D eigenvalue weighted by atomic mass is 10.4. The van der Waals surface area contributed by atoms with Crippen molar-refractivity contribution in [2.45, 2.75) is 12.7 Å². The molecule has 0 atom stereocenters. The number of halogens is 1. The summed E-state index contributed by atoms with van der Waals surface area (Å²) in [6.07, 6.45) is 0. The summed E-state index contributed by atoms with van der Waals surface area (Å²) in [7, 11) is 1.70. The van der Waals surface area contributed by atoms with Crippen LogP contribution in [0.25, 0.3) is 0 Å². The Morgan fingerprint density at radius 1 is 1.50 bits per heavy atom. The summed E-state index contributed by atoms with van der Waals surface area (Å²) in [5.74, 6) is 2.52. The fourth-order valence-corrected chi connectivity index (χ4v) is 1.96. The first-order chi connectivity index (χ1) is 6.72. The second-order valence-electron chi connectivity index (χ2n) is 2.79. The molecule has 0 aliphatic rings. The molecule has 0 aromatic carbocycles. The van der Waals surface area contributed by atoms with Gasteiger partial charge in [-0.2, -0.15) is 11.8 Å². The van der Waals surface area contributed by atoms with E-state index in [2.05, 4.69) is 9.97 Å². The van der Waals surface area contributed by atoms with E-state index in [1.807, 2.05) is 6.92 Å². The molecule has 0 fully saturated rings. The Morgan fingerprint density at radius 3 is 2.93 bits per heavy atom. The fourth-order valence-electron chi connectivity index (χ4n) is 0.959. The summed E-state index contributed by atoms with van der Waals surface area (Å²) >= 11 is 7.54. The number of methoxy groups -OCH3 is 1. The van der Waals surface area contributed by atoms with Gasteiger partial charge < -0.3 is 4.74 Å². The Labute approximate surface area is 93.2 Å². The molecule has 0 spiro atoms. The molecule has 0 unspecified atom stereocenters. The van der Waals surface area contributed by atoms with Gasteiger partial charge in [-0.3, -0.25) is 0 Å². The van der Waals surface area contributed by atoms with Gasteiger partial charge in [0.25, 0.3) is 0 Å². The molecule has 5 heteroatoms. The number of thioether (sulfide) groups is 1. The molecule has 0 bridgehead atoms. The van der Waals surface area contributed by atoms with Gasteiger partial charge in [-0.25, -0.2) is 9.97 Å². The maximum Gasteiger partial charge on any atom is 0.140 e. The molecular weight excluding hydrogens is 220 g/mol. The lowest BCUT2D eigenvalue weighted by molar-refractivity contribution is 0.218. The minimum absolute atomic E-state index is 0.514. The summed E-state index contributed by atoms with van der Waals surface area (Å²) in [4.78, 5) is 8.40. The molecule has 1 heterocycles. The minimum Gasteiger partial charge on any atom is -0.384 e. The van der Waals surface area contributed by atoms with Crippen LogP contribution < -0.4 is 0 Å². The van der Waals surface area contributed by atoms with E-state index < -0.39 is 0 Å². The van der Waals surface area contributed by atoms with Crippen molar-refractivity contribution in [3.05, 3.63) is 22.7 Å². The Kier molecular flexibility index (Phi) is 5.22. The van der Waals surface area contributed by atoms with Gasteiger partial charge in [-0.15, -0.1) is 0 Å². The van der Waals surface area contributed by atoms with Crippen molar-refractivity contribution in [2.24, 2.45) is 0 Å². The highest BCUT2D eigenvalue weighted by Gasteiger charge is 2.00. The van der Waals surface area contributed by atoms with Crippen LogP contribution in [0.2, 0.25) is 5.15 Å². The van der Waals surface area contributed by atoms with E-state index >= 15 is 0 Å². The predicted octanol–water partition coefficient (Wildman–Crippen LogP) is 2.32. The standard InChI is InChI=1S/C9H13ClN2OS/c1-7-5-8(10)12-9(11-7)6-14-4-3-13-2/h5H,3-4,6H2,1-2H3. The number of rotatable bonds is 5. The lowest BCUT2D eigenvalue weighted by Crippen LogP contribution is -1.97. The molecular formula is C9H13ClN2OS. The van der Waals surface area contributed by atoms with Gasteiger partial charge >= 0.3 is 0 Å². The Morgan fingerprint density at radius 2 is 2.29 bits per heavy atom. The van der Waals surface area contributed by atoms with Crippen molar-refractivity contribution in [1.82, 2.24) is 9.97 Å². The van der Waals surface area contributed by atoms with Crippen LogP contribution >= 0.6 is 23.4 Å². The van der Waals surface area contributed by atoms with Crippen molar-refractivity contribution < 1.29 is 4.74 Å². The third-order valence-corrected chi connectivity index (χ3v) is 2.64. The molecule has 0 saturated heterocycles. The molecule has 1 aromatic rings. The van der Waals surface area contributed by atoms with E-state index in [0.29, 0.717) is 5.15 Å². The summed E-state index contributed by atoms with van der Waals surface area (Å²) in [6.45, 7) is 2.67. The molecule has 0 amide bonds. The summed E-state index contributed by atoms with van der Waals surface area (Å²) in [6, 6.07) is 1.75. The smallest absolute Gasteiger partial charge is 0.140 e. The normalized spacial score (nSPS) is 10.5. The van der Waals surface area contributed by atoms with Gasteiger partial charge in [0.2, 0.25) is 0 Å². The van der Waals surface area contributed by atoms with Crippen LogP contribution in [0.1, 0.15) is 11.5 Å². The monoisotopic (exact) mass is 232 g/mol. The molecule has 3 nitrogen and oxygen atoms in total. The lowest BCUT2D eigenvalue weighted by Gasteiger charge is -2.01. The van der Waals surface area contributed by atoms with Crippen LogP contribution in [0.15, 0.2) is 6.07 Å². The number of hydrogen-bond acceptors (Lipinski definition) is 4. The second kappa shape index (κ2) is 6.22. The van der Waals surface area contributed by atoms with E-state index in [0.717, 1.165) is 29.6 Å². The number of ether oxygens (including phenoxy) is 1. The highest BCUT2D eigenvalue weighted by atomic mass is 35.5. The van der Waals surface area contributed by atoms with Gasteiger partial charge in [0.1, 0.15) is 11.0 Å². The summed E-state index contributed by atoms with van der Waals surface area (Å²) < 4.78 is 4.94. The van der Waals surface area contributed by atoms with Crippen molar-refractivity contribution in [3.63, 3.8) is 0 Å². The van der Waals surface area contributed by atoms with Gasteiger partial charge in [0.05, 0.1) is 12.4 Å². The summed E-state index contributed by atoms with van der Waals surface area (Å²) in [5.41, 5.74) is 0.910. The second-order valence-corrected chi connectivity index (χ2v) is 4.29. The average Bonchev–Trinajstić information content (AvgIpc) is 2.11. The van der Waals surface area contributed by atoms with Crippen molar-refractivity contribution in [1.29, 1.82) is 0 Å². The molecule has 0 saturated carbocycles. The molecule has 78 valence electrons. The predicted molar refractivity (Wildman–Crippen MR) is 59.8 cm³/mol. The summed E-state index contributed by atoms with van der Waals surface area (Å²) in [5, 5.41) is 0.514. The molecule has 0 aliphatic carbocycles. The van der Waals surface area contributed by atoms with Crippen LogP contribution in [0.5, 0.6) is 0 Å². The van der Waals surface area contributed by atoms with Gasteiger partial charge in [0, 0.05) is 18.6 Å². The highest BCUT2D eigenvalue weighted by molar-refractivity contribution is 7.98. The number of aryl methyl sites for hydroxylation is 1. The van der Waals surface area contributed by atoms with Crippen LogP contribution in [0, 0.1) is 6.92 Å². The molecule has 0 aliphatic heterocycles. The quantitative estimate of drug-likeness (QED) is 0.577. The maximum atomic E-state index is 5.81. The third kappa shape index (κ3) is 4.26. The number of nitrogens with zero attached hydrogens (tertiary/aromatic N) is 2. The van der Waals surface area contributed by atoms with E-state index in [1.165, 1.54) is 0 Å². The van der Waals surface area contributed by atoms with Crippen LogP contribution in [0.4, 0.5) is 0 Å². The van der Waals surface area contributed by atoms with Crippen molar-refractivity contribution >= 4 is 23.4 Å². The number of hydrogen-bond donors (Lipinski definition) is 0. The largest absolute Gasteiger partial charge is 0.384 e. The van der Waals surface area contributed by atoms with E-state index in [9.17, 15) is 0 Å². The molecule has 0 N–H and O–H groups in total. The number of aromatic nitrogens is 2. The topological polar surface area (TPSA) is 35.0 Å². The first-order valence-corrected chi connectivity index (χ1v) is 5.82. The van der Waals surface area contributed by atoms with Crippen molar-refractivity contribution in [3.8, 4) is 0 Å². The zero-order chi connectivity index (χ0) is 10.4. The van der Waals surface area contributed by atoms with E-state index in [4.69, 9.17) is 16.3 Å². The fraction of sp³-hybridized carbons (Fsp3) is 0.556. The zero-order valence-corrected chi connectivity index (χ0v) is 9.86. The SMILES string of the molecule is COCCSCc1nc(C)cc(Cl)n1. The van der Waals surface area contributed by atoms with E-state index in [-0.39, 0.29) is 0 Å². The molecule has 1 aromatic heterocycles. The first-order valence-electron chi connectivity index (χ1n) is 4.29. The minimum atomic E-state index is 0.514.